The van der Waals surface area contributed by atoms with Crippen LogP contribution in [-0.2, 0) is 0 Å². The van der Waals surface area contributed by atoms with Gasteiger partial charge < -0.3 is 5.73 Å². The van der Waals surface area contributed by atoms with Gasteiger partial charge in [-0.15, -0.1) is 0 Å². The number of hydrogen-bond acceptors (Lipinski definition) is 2. The molecule has 1 aliphatic carbocycles. The van der Waals surface area contributed by atoms with Crippen molar-refractivity contribution in [1.82, 2.24) is 0 Å². The normalized spacial score (nSPS) is 33.9. The van der Waals surface area contributed by atoms with E-state index in [0.29, 0.717) is 0 Å². The largest absolute Gasteiger partial charge is 0.327 e. The van der Waals surface area contributed by atoms with Gasteiger partial charge in [0.15, 0.2) is 0 Å². The molecule has 0 heterocycles. The molecule has 0 spiro atoms. The van der Waals surface area contributed by atoms with E-state index >= 15 is 0 Å². The molecule has 0 aromatic rings. The third-order valence-corrected chi connectivity index (χ3v) is 1.73. The smallest absolute Gasteiger partial charge is 0.0525 e. The zero-order valence-electron chi connectivity index (χ0n) is 5.20. The fourth-order valence-electron chi connectivity index (χ4n) is 1.18. The molecular formula is C5H10N4. The Kier molecular flexibility index (Phi) is 1.92. The van der Waals surface area contributed by atoms with Gasteiger partial charge in [0.2, 0.25) is 0 Å². The van der Waals surface area contributed by atoms with Crippen LogP contribution >= 0.6 is 0 Å². The molecule has 1 rings (SSSR count). The third-order valence-electron chi connectivity index (χ3n) is 1.73. The van der Waals surface area contributed by atoms with E-state index in [-0.39, 0.29) is 12.1 Å². The number of rotatable bonds is 1. The zero-order valence-corrected chi connectivity index (χ0v) is 5.20. The van der Waals surface area contributed by atoms with E-state index in [9.17, 15) is 0 Å². The van der Waals surface area contributed by atoms with Crippen molar-refractivity contribution in [3.05, 3.63) is 10.4 Å². The molecule has 0 bridgehead atoms. The maximum Gasteiger partial charge on any atom is 0.0525 e. The fourth-order valence-corrected chi connectivity index (χ4v) is 1.18. The van der Waals surface area contributed by atoms with Crippen molar-refractivity contribution in [3.63, 3.8) is 0 Å². The van der Waals surface area contributed by atoms with Crippen LogP contribution in [0.25, 0.3) is 10.4 Å². The highest BCUT2D eigenvalue weighted by molar-refractivity contribution is 4.85. The summed E-state index contributed by atoms with van der Waals surface area (Å²) in [5.41, 5.74) is 13.6. The molecule has 0 radical (unpaired) electrons. The van der Waals surface area contributed by atoms with E-state index in [4.69, 9.17) is 11.3 Å². The summed E-state index contributed by atoms with van der Waals surface area (Å²) in [5, 5.41) is 3.56. The lowest BCUT2D eigenvalue weighted by atomic mass is 10.2. The number of azide groups is 1. The Labute approximate surface area is 53.7 Å². The molecule has 4 heteroatoms. The summed E-state index contributed by atoms with van der Waals surface area (Å²) in [5.74, 6) is 0. The molecule has 1 aliphatic rings. The molecule has 2 N–H and O–H groups in total. The Hall–Kier alpha value is -0.730. The first kappa shape index (κ1) is 6.39. The molecule has 2 atom stereocenters. The lowest BCUT2D eigenvalue weighted by molar-refractivity contribution is 0.600. The van der Waals surface area contributed by atoms with Crippen LogP contribution in [-0.4, -0.2) is 12.1 Å². The molecule has 0 aromatic carbocycles. The van der Waals surface area contributed by atoms with E-state index in [2.05, 4.69) is 10.0 Å². The first-order valence-electron chi connectivity index (χ1n) is 3.14. The maximum atomic E-state index is 8.05. The predicted octanol–water partition coefficient (Wildman–Crippen LogP) is 1.18. The molecule has 9 heavy (non-hydrogen) atoms. The average molecular weight is 126 g/mol. The first-order chi connectivity index (χ1) is 4.34. The highest BCUT2D eigenvalue weighted by atomic mass is 15.2. The second kappa shape index (κ2) is 2.71. The summed E-state index contributed by atoms with van der Waals surface area (Å²) < 4.78 is 0. The summed E-state index contributed by atoms with van der Waals surface area (Å²) >= 11 is 0. The quantitative estimate of drug-likeness (QED) is 0.319. The third kappa shape index (κ3) is 1.34. The summed E-state index contributed by atoms with van der Waals surface area (Å²) in [6.45, 7) is 0. The highest BCUT2D eigenvalue weighted by Gasteiger charge is 2.21. The van der Waals surface area contributed by atoms with Gasteiger partial charge in [-0.3, -0.25) is 0 Å². The minimum atomic E-state index is 0.0648. The van der Waals surface area contributed by atoms with Crippen LogP contribution in [0.15, 0.2) is 5.11 Å². The Bertz CT molecular complexity index is 138. The molecule has 0 aromatic heterocycles. The average Bonchev–Trinajstić information content (AvgIpc) is 2.18. The minimum absolute atomic E-state index is 0.0648. The van der Waals surface area contributed by atoms with E-state index in [0.717, 1.165) is 19.3 Å². The highest BCUT2D eigenvalue weighted by Crippen LogP contribution is 2.19. The molecular weight excluding hydrogens is 116 g/mol. The summed E-state index contributed by atoms with van der Waals surface area (Å²) in [6, 6.07) is 0.177. The van der Waals surface area contributed by atoms with Crippen LogP contribution < -0.4 is 5.73 Å². The van der Waals surface area contributed by atoms with Crippen molar-refractivity contribution in [1.29, 1.82) is 0 Å². The van der Waals surface area contributed by atoms with Gasteiger partial charge in [-0.25, -0.2) is 0 Å². The van der Waals surface area contributed by atoms with Gasteiger partial charge in [-0.1, -0.05) is 11.5 Å². The topological polar surface area (TPSA) is 74.8 Å². The van der Waals surface area contributed by atoms with Gasteiger partial charge in [-0.05, 0) is 18.4 Å². The van der Waals surface area contributed by atoms with Crippen LogP contribution in [0.2, 0.25) is 0 Å². The summed E-state index contributed by atoms with van der Waals surface area (Å²) in [4.78, 5) is 2.71. The minimum Gasteiger partial charge on any atom is -0.327 e. The fraction of sp³-hybridized carbons (Fsp3) is 1.00. The molecule has 1 saturated carbocycles. The van der Waals surface area contributed by atoms with Gasteiger partial charge in [-0.2, -0.15) is 0 Å². The van der Waals surface area contributed by atoms with E-state index in [1.54, 1.807) is 0 Å². The molecule has 4 nitrogen and oxygen atoms in total. The van der Waals surface area contributed by atoms with Crippen molar-refractivity contribution in [2.45, 2.75) is 31.3 Å². The Morgan fingerprint density at radius 3 is 2.78 bits per heavy atom. The Morgan fingerprint density at radius 2 is 2.33 bits per heavy atom. The maximum absolute atomic E-state index is 8.05. The molecule has 0 aliphatic heterocycles. The van der Waals surface area contributed by atoms with E-state index < -0.39 is 0 Å². The van der Waals surface area contributed by atoms with E-state index in [1.807, 2.05) is 0 Å². The predicted molar refractivity (Wildman–Crippen MR) is 34.8 cm³/mol. The standard InChI is InChI=1S/C5H10N4/c6-4-2-1-3-5(4)8-9-7/h4-5H,1-3,6H2/t4-,5-/m1/s1. The van der Waals surface area contributed by atoms with Gasteiger partial charge in [0.1, 0.15) is 0 Å². The van der Waals surface area contributed by atoms with Crippen LogP contribution in [0.1, 0.15) is 19.3 Å². The molecule has 1 fully saturated rings. The molecule has 0 unspecified atom stereocenters. The second-order valence-corrected chi connectivity index (χ2v) is 2.37. The SMILES string of the molecule is [N-]=[N+]=N[C@@H]1CCC[C@H]1N. The van der Waals surface area contributed by atoms with Crippen molar-refractivity contribution < 1.29 is 0 Å². The molecule has 50 valence electrons. The van der Waals surface area contributed by atoms with Crippen molar-refractivity contribution in [3.8, 4) is 0 Å². The Morgan fingerprint density at radius 1 is 1.56 bits per heavy atom. The van der Waals surface area contributed by atoms with Crippen molar-refractivity contribution in [2.24, 2.45) is 10.8 Å². The van der Waals surface area contributed by atoms with Gasteiger partial charge >= 0.3 is 0 Å². The number of nitrogens with zero attached hydrogens (tertiary/aromatic N) is 3. The summed E-state index contributed by atoms with van der Waals surface area (Å²) in [6.07, 6.45) is 3.07. The lowest BCUT2D eigenvalue weighted by Gasteiger charge is -2.05. The number of nitrogens with two attached hydrogens (primary N) is 1. The number of hydrogen-bond donors (Lipinski definition) is 1. The van der Waals surface area contributed by atoms with Crippen LogP contribution in [0.3, 0.4) is 0 Å². The van der Waals surface area contributed by atoms with Gasteiger partial charge in [0, 0.05) is 11.0 Å². The van der Waals surface area contributed by atoms with Crippen LogP contribution in [0, 0.1) is 0 Å². The monoisotopic (exact) mass is 126 g/mol. The summed E-state index contributed by atoms with van der Waals surface area (Å²) in [7, 11) is 0. The lowest BCUT2D eigenvalue weighted by Crippen LogP contribution is -2.26. The molecule has 0 saturated heterocycles. The second-order valence-electron chi connectivity index (χ2n) is 2.37. The van der Waals surface area contributed by atoms with Gasteiger partial charge in [0.25, 0.3) is 0 Å². The Balaban J connectivity index is 2.49. The van der Waals surface area contributed by atoms with Gasteiger partial charge in [0.05, 0.1) is 6.04 Å². The van der Waals surface area contributed by atoms with Crippen LogP contribution in [0.5, 0.6) is 0 Å². The van der Waals surface area contributed by atoms with Crippen molar-refractivity contribution in [2.75, 3.05) is 0 Å². The van der Waals surface area contributed by atoms with E-state index in [1.165, 1.54) is 0 Å². The van der Waals surface area contributed by atoms with Crippen molar-refractivity contribution >= 4 is 0 Å². The zero-order chi connectivity index (χ0) is 6.69. The first-order valence-corrected chi connectivity index (χ1v) is 3.14. The van der Waals surface area contributed by atoms with Crippen LogP contribution in [0.4, 0.5) is 0 Å². The molecule has 0 amide bonds.